The van der Waals surface area contributed by atoms with Gasteiger partial charge in [0, 0.05) is 18.9 Å². The molecular formula is C20H25N3O2. The van der Waals surface area contributed by atoms with Gasteiger partial charge in [0.15, 0.2) is 0 Å². The third-order valence-corrected chi connectivity index (χ3v) is 4.59. The van der Waals surface area contributed by atoms with Crippen LogP contribution in [0.1, 0.15) is 35.6 Å². The van der Waals surface area contributed by atoms with E-state index in [0.29, 0.717) is 13.1 Å². The molecule has 0 bridgehead atoms. The van der Waals surface area contributed by atoms with Gasteiger partial charge in [-0.15, -0.1) is 0 Å². The minimum atomic E-state index is 0.0556. The third kappa shape index (κ3) is 4.57. The first kappa shape index (κ1) is 17.4. The van der Waals surface area contributed by atoms with Gasteiger partial charge in [-0.1, -0.05) is 12.1 Å². The summed E-state index contributed by atoms with van der Waals surface area (Å²) < 4.78 is 5.31. The summed E-state index contributed by atoms with van der Waals surface area (Å²) in [5.41, 5.74) is 3.60. The molecule has 0 radical (unpaired) electrons. The van der Waals surface area contributed by atoms with Crippen LogP contribution in [0.5, 0.6) is 5.75 Å². The van der Waals surface area contributed by atoms with Crippen LogP contribution < -0.4 is 10.1 Å². The summed E-state index contributed by atoms with van der Waals surface area (Å²) in [6.07, 6.45) is 6.69. The van der Waals surface area contributed by atoms with Gasteiger partial charge in [0.25, 0.3) is 0 Å². The van der Waals surface area contributed by atoms with Crippen LogP contribution in [0.4, 0.5) is 0 Å². The Morgan fingerprint density at radius 2 is 2.28 bits per heavy atom. The van der Waals surface area contributed by atoms with Crippen LogP contribution in [0.15, 0.2) is 42.7 Å². The van der Waals surface area contributed by atoms with Gasteiger partial charge in [-0.2, -0.15) is 0 Å². The maximum atomic E-state index is 12.5. The van der Waals surface area contributed by atoms with E-state index in [-0.39, 0.29) is 11.9 Å². The van der Waals surface area contributed by atoms with Crippen LogP contribution in [0.2, 0.25) is 0 Å². The lowest BCUT2D eigenvalue weighted by Crippen LogP contribution is -2.38. The highest BCUT2D eigenvalue weighted by molar-refractivity contribution is 5.78. The van der Waals surface area contributed by atoms with Crippen LogP contribution >= 0.6 is 0 Å². The number of hydrogen-bond donors (Lipinski definition) is 1. The maximum absolute atomic E-state index is 12.5. The molecule has 1 amide bonds. The second-order valence-corrected chi connectivity index (χ2v) is 6.61. The summed E-state index contributed by atoms with van der Waals surface area (Å²) in [6, 6.07) is 10.2. The summed E-state index contributed by atoms with van der Waals surface area (Å²) in [6.45, 7) is 1.08. The number of aromatic nitrogens is 1. The number of pyridine rings is 1. The van der Waals surface area contributed by atoms with E-state index in [1.807, 2.05) is 36.3 Å². The number of aryl methyl sites for hydroxylation is 1. The van der Waals surface area contributed by atoms with Crippen molar-refractivity contribution in [3.05, 3.63) is 59.4 Å². The molecule has 1 aromatic heterocycles. The molecule has 3 rings (SSSR count). The van der Waals surface area contributed by atoms with Gasteiger partial charge in [0.2, 0.25) is 5.91 Å². The fraction of sp³-hybridized carbons (Fsp3) is 0.400. The first-order valence-corrected chi connectivity index (χ1v) is 8.69. The van der Waals surface area contributed by atoms with Crippen molar-refractivity contribution in [1.29, 1.82) is 0 Å². The van der Waals surface area contributed by atoms with E-state index in [0.717, 1.165) is 30.6 Å². The van der Waals surface area contributed by atoms with Crippen molar-refractivity contribution < 1.29 is 9.53 Å². The summed E-state index contributed by atoms with van der Waals surface area (Å²) in [5.74, 6) is 0.932. The van der Waals surface area contributed by atoms with Crippen LogP contribution in [-0.4, -0.2) is 36.5 Å². The Bertz CT molecular complexity index is 718. The van der Waals surface area contributed by atoms with Crippen molar-refractivity contribution in [3.63, 3.8) is 0 Å². The first-order valence-electron chi connectivity index (χ1n) is 8.69. The highest BCUT2D eigenvalue weighted by atomic mass is 16.5. The van der Waals surface area contributed by atoms with E-state index in [1.54, 1.807) is 13.3 Å². The average molecular weight is 339 g/mol. The summed E-state index contributed by atoms with van der Waals surface area (Å²) in [5, 5.41) is 3.19. The quantitative estimate of drug-likeness (QED) is 0.879. The molecule has 0 saturated carbocycles. The minimum Gasteiger partial charge on any atom is -0.497 e. The summed E-state index contributed by atoms with van der Waals surface area (Å²) in [4.78, 5) is 18.6. The van der Waals surface area contributed by atoms with Crippen molar-refractivity contribution >= 4 is 5.91 Å². The smallest absolute Gasteiger partial charge is 0.234 e. The normalized spacial score (nSPS) is 16.4. The van der Waals surface area contributed by atoms with Crippen molar-refractivity contribution in [3.8, 4) is 5.75 Å². The molecule has 5 heteroatoms. The molecule has 1 aliphatic rings. The molecule has 1 aromatic carbocycles. The van der Waals surface area contributed by atoms with Crippen LogP contribution in [0.3, 0.4) is 0 Å². The number of likely N-dealkylation sites (N-methyl/N-ethyl adjacent to an activating group) is 1. The van der Waals surface area contributed by atoms with E-state index >= 15 is 0 Å². The number of rotatable bonds is 6. The second-order valence-electron chi connectivity index (χ2n) is 6.61. The summed E-state index contributed by atoms with van der Waals surface area (Å²) in [7, 11) is 3.63. The molecule has 1 aliphatic carbocycles. The van der Waals surface area contributed by atoms with E-state index < -0.39 is 0 Å². The zero-order valence-electron chi connectivity index (χ0n) is 14.9. The molecule has 25 heavy (non-hydrogen) atoms. The van der Waals surface area contributed by atoms with Crippen LogP contribution in [0.25, 0.3) is 0 Å². The Hall–Kier alpha value is -2.40. The Morgan fingerprint density at radius 1 is 1.40 bits per heavy atom. The third-order valence-electron chi connectivity index (χ3n) is 4.59. The summed E-state index contributed by atoms with van der Waals surface area (Å²) >= 11 is 0. The van der Waals surface area contributed by atoms with Gasteiger partial charge in [0.05, 0.1) is 19.7 Å². The van der Waals surface area contributed by atoms with E-state index in [1.165, 1.54) is 11.1 Å². The fourth-order valence-electron chi connectivity index (χ4n) is 3.41. The van der Waals surface area contributed by atoms with Gasteiger partial charge in [-0.05, 0) is 61.2 Å². The number of ether oxygens (including phenoxy) is 1. The van der Waals surface area contributed by atoms with Crippen molar-refractivity contribution in [2.75, 3.05) is 20.7 Å². The Kier molecular flexibility index (Phi) is 5.66. The van der Waals surface area contributed by atoms with E-state index in [2.05, 4.69) is 22.4 Å². The fourth-order valence-corrected chi connectivity index (χ4v) is 3.41. The number of amides is 1. The average Bonchev–Trinajstić information content (AvgIpc) is 2.62. The zero-order chi connectivity index (χ0) is 17.6. The van der Waals surface area contributed by atoms with Crippen molar-refractivity contribution in [1.82, 2.24) is 15.2 Å². The Balaban J connectivity index is 1.58. The SMILES string of the molecule is COc1ccc2c(c1)CCC[C@@H]2NC(=O)CN(C)Cc1cccnc1. The number of carbonyl (C=O) groups excluding carboxylic acids is 1. The molecule has 1 atom stereocenters. The van der Waals surface area contributed by atoms with Gasteiger partial charge < -0.3 is 10.1 Å². The van der Waals surface area contributed by atoms with Crippen LogP contribution in [-0.2, 0) is 17.8 Å². The Labute approximate surface area is 149 Å². The molecule has 0 fully saturated rings. The predicted molar refractivity (Wildman–Crippen MR) is 97.4 cm³/mol. The lowest BCUT2D eigenvalue weighted by atomic mass is 9.87. The highest BCUT2D eigenvalue weighted by Gasteiger charge is 2.22. The monoisotopic (exact) mass is 339 g/mol. The molecule has 1 heterocycles. The Morgan fingerprint density at radius 3 is 3.04 bits per heavy atom. The van der Waals surface area contributed by atoms with Crippen molar-refractivity contribution in [2.24, 2.45) is 0 Å². The van der Waals surface area contributed by atoms with Crippen molar-refractivity contribution in [2.45, 2.75) is 31.8 Å². The molecule has 0 aliphatic heterocycles. The van der Waals surface area contributed by atoms with Crippen LogP contribution in [0, 0.1) is 0 Å². The van der Waals surface area contributed by atoms with Gasteiger partial charge in [-0.3, -0.25) is 14.7 Å². The molecule has 132 valence electrons. The lowest BCUT2D eigenvalue weighted by molar-refractivity contribution is -0.122. The highest BCUT2D eigenvalue weighted by Crippen LogP contribution is 2.32. The lowest BCUT2D eigenvalue weighted by Gasteiger charge is -2.27. The number of carbonyl (C=O) groups is 1. The second kappa shape index (κ2) is 8.12. The molecule has 5 nitrogen and oxygen atoms in total. The topological polar surface area (TPSA) is 54.5 Å². The largest absolute Gasteiger partial charge is 0.497 e. The van der Waals surface area contributed by atoms with E-state index in [9.17, 15) is 4.79 Å². The molecule has 0 spiro atoms. The van der Waals surface area contributed by atoms with Gasteiger partial charge >= 0.3 is 0 Å². The number of methoxy groups -OCH3 is 1. The standard InChI is InChI=1S/C20H25N3O2/c1-23(13-15-5-4-10-21-12-15)14-20(24)22-19-7-3-6-16-11-17(25-2)8-9-18(16)19/h4-5,8-12,19H,3,6-7,13-14H2,1-2H3,(H,22,24)/t19-/m0/s1. The number of nitrogens with zero attached hydrogens (tertiary/aromatic N) is 2. The predicted octanol–water partition coefficient (Wildman–Crippen LogP) is 2.72. The molecule has 2 aromatic rings. The number of nitrogens with one attached hydrogen (secondary N) is 1. The molecular weight excluding hydrogens is 314 g/mol. The first-order chi connectivity index (χ1) is 12.2. The number of benzene rings is 1. The maximum Gasteiger partial charge on any atom is 0.234 e. The molecule has 1 N–H and O–H groups in total. The van der Waals surface area contributed by atoms with Gasteiger partial charge in [-0.25, -0.2) is 0 Å². The number of hydrogen-bond acceptors (Lipinski definition) is 4. The van der Waals surface area contributed by atoms with Gasteiger partial charge in [0.1, 0.15) is 5.75 Å². The molecule has 0 saturated heterocycles. The number of fused-ring (bicyclic) bond motifs is 1. The zero-order valence-corrected chi connectivity index (χ0v) is 14.9. The minimum absolute atomic E-state index is 0.0556. The van der Waals surface area contributed by atoms with E-state index in [4.69, 9.17) is 4.74 Å². The molecule has 0 unspecified atom stereocenters.